The molecule has 145 heavy (non-hydrogen) atoms. The van der Waals surface area contributed by atoms with E-state index in [1.165, 1.54) is 56.8 Å². The number of carboxylic acids is 3. The molecule has 18 atom stereocenters. The molecule has 1 fully saturated rings. The summed E-state index contributed by atoms with van der Waals surface area (Å²) >= 11 is 1.21. The Morgan fingerprint density at radius 3 is 1.29 bits per heavy atom. The summed E-state index contributed by atoms with van der Waals surface area (Å²) in [7, 11) is 0. The van der Waals surface area contributed by atoms with Crippen LogP contribution in [0.15, 0.2) is 24.3 Å². The molecule has 1 saturated heterocycles. The topological polar surface area (TPSA) is 910 Å². The molecule has 0 spiro atoms. The number of hydrogen-bond acceptors (Lipinski definition) is 31. The number of carboxylic acid groups (broad SMARTS) is 3. The summed E-state index contributed by atoms with van der Waals surface area (Å²) in [6.45, 7) is 9.53. The molecule has 1 aromatic carbocycles. The number of amides is 18. The van der Waals surface area contributed by atoms with E-state index in [4.69, 9.17) is 44.6 Å². The van der Waals surface area contributed by atoms with E-state index >= 15 is 0 Å². The van der Waals surface area contributed by atoms with Crippen molar-refractivity contribution in [2.45, 2.75) is 293 Å². The van der Waals surface area contributed by atoms with Crippen molar-refractivity contribution in [2.24, 2.45) is 46.4 Å². The third-order valence-corrected chi connectivity index (χ3v) is 23.1. The van der Waals surface area contributed by atoms with Crippen molar-refractivity contribution < 1.29 is 136 Å². The number of nitrogens with two attached hydrogens (primary N) is 5. The van der Waals surface area contributed by atoms with Gasteiger partial charge in [0.05, 0.1) is 38.3 Å². The van der Waals surface area contributed by atoms with Gasteiger partial charge in [0.25, 0.3) is 0 Å². The summed E-state index contributed by atoms with van der Waals surface area (Å²) < 4.78 is 0. The average Bonchev–Trinajstić information content (AvgIpc) is 1.70. The molecule has 0 unspecified atom stereocenters. The van der Waals surface area contributed by atoms with E-state index in [1.807, 2.05) is 0 Å². The zero-order chi connectivity index (χ0) is 110. The molecule has 38 N–H and O–H groups in total. The Kier molecular flexibility index (Phi) is 59.1. The van der Waals surface area contributed by atoms with Crippen LogP contribution in [-0.2, 0) is 107 Å². The maximum Gasteiger partial charge on any atom is 0.322 e. The van der Waals surface area contributed by atoms with Crippen LogP contribution in [0.2, 0.25) is 0 Å². The number of nitrogens with zero attached hydrogens (tertiary/aromatic N) is 1. The Hall–Kier alpha value is -13.5. The van der Waals surface area contributed by atoms with Gasteiger partial charge < -0.3 is 170 Å². The highest BCUT2D eigenvalue weighted by Gasteiger charge is 2.43. The lowest BCUT2D eigenvalue weighted by atomic mass is 10.0. The fraction of sp³-hybridized carbons (Fsp3) is 0.674. The largest absolute Gasteiger partial charge is 0.508 e. The number of aliphatic hydroxyl groups is 3. The molecule has 0 aromatic heterocycles. The zero-order valence-electron chi connectivity index (χ0n) is 83.4. The van der Waals surface area contributed by atoms with Crippen LogP contribution >= 0.6 is 11.8 Å². The third-order valence-electron chi connectivity index (χ3n) is 22.5. The van der Waals surface area contributed by atoms with E-state index in [0.29, 0.717) is 37.8 Å². The number of benzene rings is 1. The normalized spacial score (nSPS) is 15.7. The van der Waals surface area contributed by atoms with Crippen molar-refractivity contribution in [1.29, 1.82) is 10.8 Å². The number of carbonyl (C=O) groups is 21. The van der Waals surface area contributed by atoms with Gasteiger partial charge in [-0.05, 0) is 178 Å². The number of guanidine groups is 2. The number of aromatic hydroxyl groups is 1. The smallest absolute Gasteiger partial charge is 0.322 e. The Balaban J connectivity index is 2.41. The van der Waals surface area contributed by atoms with Gasteiger partial charge in [-0.1, -0.05) is 60.1 Å². The Labute approximate surface area is 843 Å². The van der Waals surface area contributed by atoms with Gasteiger partial charge in [0.2, 0.25) is 106 Å². The number of aliphatic carboxylic acids is 3. The standard InChI is InChI=1S/C89H151N27O28S/c1-44(2)36-58(79(136)102-48(8)72(129)109-60(39-67(124)125)81(138)114-69(46(5)6)86(143)108-53(19-12-14-31-91)74(131)101-47(7)71(128)100-41-68(126)127)103-65(121)40-99-85(142)70(49(9)119)115-84(141)64-22-17-34-116(64)87(144)61(38-50-23-25-51(120)26-24-50)111-82(139)62(42-117)113-83(140)63(43-118)112-78(135)57(29-35-145-10)107-76(133)55(21-16-33-98-89(95)96)105-80(137)59(37-45(3)4)110-77(134)56(27-28-66(122)123)106-75(132)54(20-15-32-97-88(93)94)104-73(130)52(92)18-11-13-30-90/h23-26,44-49,52-64,69-70,117-120H,11-22,27-43,90-92H2,1-10H3,(H,99,142)(H,100,128)(H,101,131)(H,102,136)(H,103,121)(H,104,130)(H,105,137)(H,106,132)(H,107,133)(H,108,143)(H,109,129)(H,110,134)(H,111,139)(H,112,135)(H,113,140)(H,114,138)(H,115,141)(H,122,123)(H,124,125)(H,126,127)(H4,93,94,97)(H4,95,96,98)/t47-,48-,49+,52-,53-,54-,55-,56-,57-,58-,59-,60-,61-,62-,63-,64-,69-,70-/m0/s1. The number of unbranched alkanes of at least 4 members (excludes halogenated alkanes) is 2. The Morgan fingerprint density at radius 1 is 0.421 bits per heavy atom. The minimum absolute atomic E-state index is 0.00427. The second-order valence-electron chi connectivity index (χ2n) is 36.1. The lowest BCUT2D eigenvalue weighted by molar-refractivity contribution is -0.143. The van der Waals surface area contributed by atoms with Gasteiger partial charge in [-0.25, -0.2) is 0 Å². The number of aliphatic hydroxyl groups excluding tert-OH is 3. The van der Waals surface area contributed by atoms with Crippen molar-refractivity contribution in [3.8, 4) is 5.75 Å². The Morgan fingerprint density at radius 2 is 0.828 bits per heavy atom. The van der Waals surface area contributed by atoms with Crippen LogP contribution < -0.4 is 130 Å². The fourth-order valence-electron chi connectivity index (χ4n) is 14.6. The molecule has 1 aliphatic rings. The third kappa shape index (κ3) is 49.1. The first-order valence-electron chi connectivity index (χ1n) is 47.8. The minimum Gasteiger partial charge on any atom is -0.508 e. The van der Waals surface area contributed by atoms with Crippen LogP contribution in [0, 0.1) is 28.6 Å². The number of thioether (sulfide) groups is 1. The SMILES string of the molecule is CSCC[C@H](NC(=O)[C@H](CCCNC(=N)N)NC(=O)[C@H](CC(C)C)NC(=O)[C@H](CCC(=O)O)NC(=O)[C@H](CCCNC(=N)N)NC(=O)[C@@H](N)CCCCN)C(=O)N[C@@H](CO)C(=O)N[C@@H](CO)C(=O)N[C@@H](Cc1ccc(O)cc1)C(=O)N1CCC[C@H]1C(=O)N[C@H](C(=O)NCC(=O)N[C@@H](CC(C)C)C(=O)N[C@@H](C)C(=O)N[C@@H](CC(=O)O)C(=O)N[C@H](C(=O)N[C@@H](CCCCN)C(=O)N[C@@H](C)C(=O)NCC(=O)O)C(C)C)[C@@H](C)O. The summed E-state index contributed by atoms with van der Waals surface area (Å²) in [4.78, 5) is 288. The first-order valence-corrected chi connectivity index (χ1v) is 49.2. The maximum absolute atomic E-state index is 14.9. The van der Waals surface area contributed by atoms with Crippen LogP contribution in [0.3, 0.4) is 0 Å². The first-order chi connectivity index (χ1) is 68.2. The molecule has 1 heterocycles. The zero-order valence-corrected chi connectivity index (χ0v) is 84.2. The molecule has 55 nitrogen and oxygen atoms in total. The van der Waals surface area contributed by atoms with Crippen molar-refractivity contribution in [1.82, 2.24) is 106 Å². The van der Waals surface area contributed by atoms with Crippen LogP contribution in [0.5, 0.6) is 5.75 Å². The van der Waals surface area contributed by atoms with Crippen LogP contribution in [-0.4, -0.2) is 357 Å². The summed E-state index contributed by atoms with van der Waals surface area (Å²) in [5.74, 6) is -25.3. The molecule has 56 heteroatoms. The van der Waals surface area contributed by atoms with Gasteiger partial charge in [0, 0.05) is 32.5 Å². The van der Waals surface area contributed by atoms with E-state index in [1.54, 1.807) is 34.0 Å². The van der Waals surface area contributed by atoms with Gasteiger partial charge in [0.15, 0.2) is 11.9 Å². The molecule has 2 rings (SSSR count). The van der Waals surface area contributed by atoms with Gasteiger partial charge >= 0.3 is 17.9 Å². The number of hydrogen-bond donors (Lipinski definition) is 33. The van der Waals surface area contributed by atoms with E-state index in [-0.39, 0.29) is 126 Å². The summed E-state index contributed by atoms with van der Waals surface area (Å²) in [5, 5.41) is 132. The average molecular weight is 2080 g/mol. The van der Waals surface area contributed by atoms with Crippen LogP contribution in [0.4, 0.5) is 0 Å². The highest BCUT2D eigenvalue weighted by atomic mass is 32.2. The highest BCUT2D eigenvalue weighted by molar-refractivity contribution is 7.98. The molecule has 0 radical (unpaired) electrons. The van der Waals surface area contributed by atoms with Crippen LogP contribution in [0.1, 0.15) is 183 Å². The number of likely N-dealkylation sites (tertiary alicyclic amines) is 1. The summed E-state index contributed by atoms with van der Waals surface area (Å²) in [6.07, 6.45) is -1.45. The molecule has 1 aromatic rings. The molecule has 0 bridgehead atoms. The molecule has 816 valence electrons. The van der Waals surface area contributed by atoms with E-state index in [2.05, 4.69) is 101 Å². The second kappa shape index (κ2) is 67.2. The first kappa shape index (κ1) is 128. The highest BCUT2D eigenvalue weighted by Crippen LogP contribution is 2.23. The number of rotatable bonds is 70. The van der Waals surface area contributed by atoms with Gasteiger partial charge in [0.1, 0.15) is 109 Å². The van der Waals surface area contributed by atoms with E-state index in [9.17, 15) is 131 Å². The van der Waals surface area contributed by atoms with Gasteiger partial charge in [-0.2, -0.15) is 11.8 Å². The van der Waals surface area contributed by atoms with Crippen molar-refractivity contribution >= 4 is 148 Å². The molecule has 18 amide bonds. The Bertz CT molecular complexity index is 4520. The van der Waals surface area contributed by atoms with E-state index in [0.717, 1.165) is 18.7 Å². The van der Waals surface area contributed by atoms with Crippen LogP contribution in [0.25, 0.3) is 0 Å². The fourth-order valence-corrected chi connectivity index (χ4v) is 15.0. The number of carbonyl (C=O) groups excluding carboxylic acids is 18. The monoisotopic (exact) mass is 2080 g/mol. The predicted molar refractivity (Wildman–Crippen MR) is 524 cm³/mol. The molecular weight excluding hydrogens is 1930 g/mol. The van der Waals surface area contributed by atoms with Crippen molar-refractivity contribution in [3.63, 3.8) is 0 Å². The summed E-state index contributed by atoms with van der Waals surface area (Å²) in [5.41, 5.74) is 28.6. The van der Waals surface area contributed by atoms with Crippen molar-refractivity contribution in [3.05, 3.63) is 29.8 Å². The van der Waals surface area contributed by atoms with Gasteiger partial charge in [-0.15, -0.1) is 0 Å². The molecule has 1 aliphatic heterocycles. The lowest BCUT2D eigenvalue weighted by Gasteiger charge is -2.31. The summed E-state index contributed by atoms with van der Waals surface area (Å²) in [6, 6.07) is -21.6. The lowest BCUT2D eigenvalue weighted by Crippen LogP contribution is -2.62. The molecular formula is C89H151N27O28S. The quantitative estimate of drug-likeness (QED) is 0.0164. The number of nitrogens with one attached hydrogen (secondary N) is 21. The van der Waals surface area contributed by atoms with E-state index < -0.39 is 297 Å². The molecule has 0 aliphatic carbocycles. The maximum atomic E-state index is 14.9. The molecule has 0 saturated carbocycles. The van der Waals surface area contributed by atoms with Gasteiger partial charge in [-0.3, -0.25) is 112 Å². The predicted octanol–water partition coefficient (Wildman–Crippen LogP) is -10.1. The second-order valence-corrected chi connectivity index (χ2v) is 37.1. The number of phenolic OH excluding ortho intramolecular Hbond substituents is 1. The minimum atomic E-state index is -1.99. The van der Waals surface area contributed by atoms with Crippen molar-refractivity contribution in [2.75, 3.05) is 71.0 Å². The number of phenols is 1.